The Morgan fingerprint density at radius 3 is 2.95 bits per heavy atom. The molecular formula is C18H25NO. The molecule has 0 radical (unpaired) electrons. The van der Waals surface area contributed by atoms with Gasteiger partial charge in [0.05, 0.1) is 0 Å². The summed E-state index contributed by atoms with van der Waals surface area (Å²) < 4.78 is 0. The van der Waals surface area contributed by atoms with E-state index in [-0.39, 0.29) is 0 Å². The van der Waals surface area contributed by atoms with Crippen LogP contribution in [0.4, 0.5) is 0 Å². The number of phenolic OH excluding ortho intramolecular Hbond substituents is 1. The summed E-state index contributed by atoms with van der Waals surface area (Å²) in [4.78, 5) is 2.60. The highest BCUT2D eigenvalue weighted by atomic mass is 16.3. The molecule has 2 aliphatic carbocycles. The Balaban J connectivity index is 1.94. The molecule has 2 heteroatoms. The van der Waals surface area contributed by atoms with Crippen molar-refractivity contribution in [3.05, 3.63) is 28.8 Å². The third-order valence-corrected chi connectivity index (χ3v) is 6.45. The SMILES string of the molecule is Cc1cc(O)cc2c1C[C@@H]1[C@@H]3CCCC[C@@]23CCN1C. The van der Waals surface area contributed by atoms with Gasteiger partial charge in [0.15, 0.2) is 0 Å². The van der Waals surface area contributed by atoms with Crippen molar-refractivity contribution in [3.63, 3.8) is 0 Å². The minimum absolute atomic E-state index is 0.368. The van der Waals surface area contributed by atoms with Gasteiger partial charge in [0, 0.05) is 11.5 Å². The van der Waals surface area contributed by atoms with Crippen molar-refractivity contribution in [1.82, 2.24) is 4.90 Å². The van der Waals surface area contributed by atoms with Gasteiger partial charge in [-0.2, -0.15) is 0 Å². The molecule has 0 unspecified atom stereocenters. The second kappa shape index (κ2) is 4.24. The number of fused-ring (bicyclic) bond motifs is 1. The van der Waals surface area contributed by atoms with Crippen molar-refractivity contribution in [2.45, 2.75) is 56.9 Å². The van der Waals surface area contributed by atoms with Gasteiger partial charge in [-0.3, -0.25) is 0 Å². The Labute approximate surface area is 121 Å². The van der Waals surface area contributed by atoms with E-state index in [0.29, 0.717) is 11.2 Å². The fraction of sp³-hybridized carbons (Fsp3) is 0.667. The second-order valence-electron chi connectivity index (χ2n) is 7.30. The standard InChI is InChI=1S/C18H25NO/c1-12-9-13(20)10-16-14(12)11-17-15-5-3-4-6-18(15,16)7-8-19(17)2/h9-10,15,17,20H,3-8,11H2,1-2H3/t15-,17+,18-/m0/s1. The van der Waals surface area contributed by atoms with Gasteiger partial charge in [-0.05, 0) is 80.9 Å². The Morgan fingerprint density at radius 2 is 2.10 bits per heavy atom. The van der Waals surface area contributed by atoms with Gasteiger partial charge in [0.25, 0.3) is 0 Å². The second-order valence-corrected chi connectivity index (χ2v) is 7.30. The highest BCUT2D eigenvalue weighted by Crippen LogP contribution is 2.56. The first kappa shape index (κ1) is 12.7. The van der Waals surface area contributed by atoms with E-state index in [2.05, 4.69) is 24.9 Å². The summed E-state index contributed by atoms with van der Waals surface area (Å²) in [5.74, 6) is 1.28. The number of rotatable bonds is 0. The maximum absolute atomic E-state index is 10.1. The van der Waals surface area contributed by atoms with Crippen LogP contribution in [0.2, 0.25) is 0 Å². The molecule has 1 aliphatic heterocycles. The largest absolute Gasteiger partial charge is 0.508 e. The maximum atomic E-state index is 10.1. The van der Waals surface area contributed by atoms with Crippen LogP contribution in [-0.4, -0.2) is 29.6 Å². The van der Waals surface area contributed by atoms with E-state index >= 15 is 0 Å². The van der Waals surface area contributed by atoms with E-state index < -0.39 is 0 Å². The lowest BCUT2D eigenvalue weighted by Gasteiger charge is -2.58. The number of likely N-dealkylation sites (N-methyl/N-ethyl adjacent to an activating group) is 1. The first-order valence-electron chi connectivity index (χ1n) is 8.15. The van der Waals surface area contributed by atoms with Crippen molar-refractivity contribution in [1.29, 1.82) is 0 Å². The smallest absolute Gasteiger partial charge is 0.116 e. The topological polar surface area (TPSA) is 23.5 Å². The van der Waals surface area contributed by atoms with Crippen LogP contribution in [-0.2, 0) is 11.8 Å². The highest BCUT2D eigenvalue weighted by molar-refractivity contribution is 5.49. The lowest BCUT2D eigenvalue weighted by molar-refractivity contribution is 0.00257. The summed E-state index contributed by atoms with van der Waals surface area (Å²) in [6.07, 6.45) is 7.93. The monoisotopic (exact) mass is 271 g/mol. The predicted molar refractivity (Wildman–Crippen MR) is 81.2 cm³/mol. The molecule has 1 saturated carbocycles. The number of hydrogen-bond donors (Lipinski definition) is 1. The summed E-state index contributed by atoms with van der Waals surface area (Å²) in [5.41, 5.74) is 4.71. The molecule has 0 spiro atoms. The normalized spacial score (nSPS) is 36.3. The van der Waals surface area contributed by atoms with E-state index in [1.54, 1.807) is 0 Å². The molecule has 1 aromatic rings. The van der Waals surface area contributed by atoms with Gasteiger partial charge in [0.2, 0.25) is 0 Å². The molecule has 2 nitrogen and oxygen atoms in total. The summed E-state index contributed by atoms with van der Waals surface area (Å²) in [5, 5.41) is 10.1. The average Bonchev–Trinajstić information content (AvgIpc) is 2.44. The number of aromatic hydroxyl groups is 1. The molecule has 2 fully saturated rings. The Bertz CT molecular complexity index is 553. The molecule has 3 atom stereocenters. The molecule has 1 heterocycles. The third-order valence-electron chi connectivity index (χ3n) is 6.45. The zero-order valence-electron chi connectivity index (χ0n) is 12.7. The fourth-order valence-electron chi connectivity index (χ4n) is 5.48. The summed E-state index contributed by atoms with van der Waals surface area (Å²) in [6, 6.07) is 4.77. The van der Waals surface area contributed by atoms with E-state index in [0.717, 1.165) is 12.0 Å². The number of benzene rings is 1. The van der Waals surface area contributed by atoms with Crippen LogP contribution in [0.25, 0.3) is 0 Å². The summed E-state index contributed by atoms with van der Waals surface area (Å²) in [7, 11) is 2.31. The Morgan fingerprint density at radius 1 is 1.25 bits per heavy atom. The lowest BCUT2D eigenvalue weighted by atomic mass is 9.52. The molecule has 0 aromatic heterocycles. The van der Waals surface area contributed by atoms with Crippen LogP contribution in [0.5, 0.6) is 5.75 Å². The van der Waals surface area contributed by atoms with Crippen molar-refractivity contribution >= 4 is 0 Å². The Kier molecular flexibility index (Phi) is 2.69. The van der Waals surface area contributed by atoms with E-state index in [1.807, 2.05) is 6.07 Å². The van der Waals surface area contributed by atoms with Crippen molar-refractivity contribution in [2.24, 2.45) is 5.92 Å². The highest BCUT2D eigenvalue weighted by Gasteiger charge is 2.53. The minimum atomic E-state index is 0.368. The average molecular weight is 271 g/mol. The molecule has 2 bridgehead atoms. The zero-order valence-corrected chi connectivity index (χ0v) is 12.7. The number of likely N-dealkylation sites (tertiary alicyclic amines) is 1. The molecule has 4 rings (SSSR count). The molecule has 108 valence electrons. The molecule has 20 heavy (non-hydrogen) atoms. The molecular weight excluding hydrogens is 246 g/mol. The van der Waals surface area contributed by atoms with Crippen LogP contribution >= 0.6 is 0 Å². The van der Waals surface area contributed by atoms with Gasteiger partial charge in [-0.1, -0.05) is 12.8 Å². The number of nitrogens with zero attached hydrogens (tertiary/aromatic N) is 1. The van der Waals surface area contributed by atoms with E-state index in [9.17, 15) is 5.11 Å². The van der Waals surface area contributed by atoms with Gasteiger partial charge >= 0.3 is 0 Å². The molecule has 1 N–H and O–H groups in total. The van der Waals surface area contributed by atoms with Crippen LogP contribution in [0.1, 0.15) is 48.8 Å². The van der Waals surface area contributed by atoms with Crippen LogP contribution < -0.4 is 0 Å². The predicted octanol–water partition coefficient (Wildman–Crippen LogP) is 3.39. The lowest BCUT2D eigenvalue weighted by Crippen LogP contribution is -2.59. The first-order chi connectivity index (χ1) is 9.62. The van der Waals surface area contributed by atoms with Gasteiger partial charge in [0.1, 0.15) is 5.75 Å². The number of phenols is 1. The van der Waals surface area contributed by atoms with Crippen LogP contribution in [0.15, 0.2) is 12.1 Å². The molecule has 0 amide bonds. The van der Waals surface area contributed by atoms with Crippen LogP contribution in [0.3, 0.4) is 0 Å². The fourth-order valence-corrected chi connectivity index (χ4v) is 5.48. The maximum Gasteiger partial charge on any atom is 0.116 e. The third kappa shape index (κ3) is 1.54. The zero-order chi connectivity index (χ0) is 13.9. The van der Waals surface area contributed by atoms with Gasteiger partial charge in [-0.15, -0.1) is 0 Å². The van der Waals surface area contributed by atoms with Crippen LogP contribution in [0, 0.1) is 12.8 Å². The number of hydrogen-bond acceptors (Lipinski definition) is 2. The van der Waals surface area contributed by atoms with Crippen molar-refractivity contribution in [3.8, 4) is 5.75 Å². The van der Waals surface area contributed by atoms with E-state index in [1.165, 1.54) is 61.8 Å². The summed E-state index contributed by atoms with van der Waals surface area (Å²) >= 11 is 0. The molecule has 1 saturated heterocycles. The summed E-state index contributed by atoms with van der Waals surface area (Å²) in [6.45, 7) is 3.39. The minimum Gasteiger partial charge on any atom is -0.508 e. The van der Waals surface area contributed by atoms with Crippen molar-refractivity contribution in [2.75, 3.05) is 13.6 Å². The number of aryl methyl sites for hydroxylation is 1. The quantitative estimate of drug-likeness (QED) is 0.782. The molecule has 1 aromatic carbocycles. The Hall–Kier alpha value is -1.02. The number of piperidine rings is 1. The van der Waals surface area contributed by atoms with Gasteiger partial charge < -0.3 is 10.0 Å². The van der Waals surface area contributed by atoms with E-state index in [4.69, 9.17) is 0 Å². The van der Waals surface area contributed by atoms with Crippen molar-refractivity contribution < 1.29 is 5.11 Å². The molecule has 3 aliphatic rings. The van der Waals surface area contributed by atoms with Gasteiger partial charge in [-0.25, -0.2) is 0 Å². The first-order valence-corrected chi connectivity index (χ1v) is 8.15.